The molecule has 0 fully saturated rings. The lowest BCUT2D eigenvalue weighted by Gasteiger charge is -2.08. The highest BCUT2D eigenvalue weighted by molar-refractivity contribution is 6.33. The molecule has 232 valence electrons. The van der Waals surface area contributed by atoms with Gasteiger partial charge in [-0.3, -0.25) is 0 Å². The minimum absolute atomic E-state index is 0.792. The van der Waals surface area contributed by atoms with Crippen LogP contribution in [0.4, 0.5) is 0 Å². The van der Waals surface area contributed by atoms with Crippen molar-refractivity contribution < 1.29 is 8.83 Å². The fourth-order valence-electron chi connectivity index (χ4n) is 8.11. The van der Waals surface area contributed by atoms with Crippen LogP contribution in [-0.2, 0) is 0 Å². The maximum atomic E-state index is 6.79. The van der Waals surface area contributed by atoms with Crippen LogP contribution in [0, 0.1) is 0 Å². The number of benzene rings is 9. The van der Waals surface area contributed by atoms with E-state index < -0.39 is 0 Å². The van der Waals surface area contributed by atoms with Gasteiger partial charge in [-0.05, 0) is 90.0 Å². The van der Waals surface area contributed by atoms with Crippen molar-refractivity contribution in [3.05, 3.63) is 170 Å². The van der Waals surface area contributed by atoms with Crippen molar-refractivity contribution in [2.75, 3.05) is 0 Å². The minimum atomic E-state index is 0.792. The molecule has 11 rings (SSSR count). The molecule has 0 radical (unpaired) electrons. The summed E-state index contributed by atoms with van der Waals surface area (Å²) in [5.41, 5.74) is 10.3. The predicted octanol–water partition coefficient (Wildman–Crippen LogP) is 13.9. The summed E-state index contributed by atoms with van der Waals surface area (Å²) in [4.78, 5) is 0. The Morgan fingerprint density at radius 2 is 0.700 bits per heavy atom. The van der Waals surface area contributed by atoms with Crippen LogP contribution in [0.3, 0.4) is 0 Å². The van der Waals surface area contributed by atoms with Crippen molar-refractivity contribution >= 4 is 76.2 Å². The quantitative estimate of drug-likeness (QED) is 0.193. The van der Waals surface area contributed by atoms with Crippen LogP contribution in [0.15, 0.2) is 179 Å². The number of hydrogen-bond acceptors (Lipinski definition) is 2. The number of hydrogen-bond donors (Lipinski definition) is 0. The standard InChI is InChI=1S/C48H28O2/c1-3-13-35-30(9-1)11-7-17-37(35)32-21-19-29(20-22-32)33-23-25-41-43(27-33)49-47-45(41)39-15-5-6-16-40(39)46-42-26-24-34(28-44(42)50-48(46)47)38-18-8-12-31-10-2-4-14-36(31)38/h1-28H. The molecule has 0 saturated heterocycles. The Balaban J connectivity index is 1.08. The maximum absolute atomic E-state index is 6.79. The molecule has 0 saturated carbocycles. The van der Waals surface area contributed by atoms with Gasteiger partial charge in [0.15, 0.2) is 11.2 Å². The molecule has 11 aromatic rings. The van der Waals surface area contributed by atoms with E-state index in [0.29, 0.717) is 0 Å². The molecule has 2 heterocycles. The first-order valence-electron chi connectivity index (χ1n) is 17.1. The number of fused-ring (bicyclic) bond motifs is 12. The molecular formula is C48H28O2. The van der Waals surface area contributed by atoms with Gasteiger partial charge < -0.3 is 8.83 Å². The van der Waals surface area contributed by atoms with Crippen LogP contribution >= 0.6 is 0 Å². The fourth-order valence-corrected chi connectivity index (χ4v) is 8.11. The zero-order valence-electron chi connectivity index (χ0n) is 27.0. The summed E-state index contributed by atoms with van der Waals surface area (Å²) in [6, 6.07) is 60.7. The van der Waals surface area contributed by atoms with Gasteiger partial charge in [-0.1, -0.05) is 146 Å². The van der Waals surface area contributed by atoms with Gasteiger partial charge >= 0.3 is 0 Å². The van der Waals surface area contributed by atoms with Gasteiger partial charge in [0.05, 0.1) is 0 Å². The van der Waals surface area contributed by atoms with Crippen molar-refractivity contribution in [3.63, 3.8) is 0 Å². The number of furan rings is 2. The van der Waals surface area contributed by atoms with E-state index in [1.165, 1.54) is 49.0 Å². The molecule has 0 aliphatic rings. The molecule has 0 spiro atoms. The third kappa shape index (κ3) is 3.96. The third-order valence-corrected chi connectivity index (χ3v) is 10.5. The minimum Gasteiger partial charge on any atom is -0.452 e. The summed E-state index contributed by atoms with van der Waals surface area (Å²) in [5, 5.41) is 11.7. The first-order chi connectivity index (χ1) is 24.8. The SMILES string of the molecule is c1ccc2c(-c3ccc(-c4ccc5c(c4)oc4c6oc7cc(-c8cccc9ccccc89)ccc7c6c6ccccc6c54)cc3)cccc2c1. The zero-order chi connectivity index (χ0) is 32.8. The Kier molecular flexibility index (Phi) is 5.70. The molecule has 0 unspecified atom stereocenters. The predicted molar refractivity (Wildman–Crippen MR) is 210 cm³/mol. The van der Waals surface area contributed by atoms with Gasteiger partial charge in [0.1, 0.15) is 11.2 Å². The summed E-state index contributed by atoms with van der Waals surface area (Å²) in [6.07, 6.45) is 0. The molecule has 0 amide bonds. The Bertz CT molecular complexity index is 3130. The lowest BCUT2D eigenvalue weighted by molar-refractivity contribution is 0.634. The molecule has 2 nitrogen and oxygen atoms in total. The van der Waals surface area contributed by atoms with Crippen LogP contribution < -0.4 is 0 Å². The van der Waals surface area contributed by atoms with Gasteiger partial charge in [-0.2, -0.15) is 0 Å². The van der Waals surface area contributed by atoms with Crippen LogP contribution in [0.1, 0.15) is 0 Å². The van der Waals surface area contributed by atoms with Crippen molar-refractivity contribution in [1.29, 1.82) is 0 Å². The second-order valence-electron chi connectivity index (χ2n) is 13.2. The molecule has 0 aliphatic carbocycles. The molecule has 9 aromatic carbocycles. The van der Waals surface area contributed by atoms with Crippen LogP contribution in [0.5, 0.6) is 0 Å². The van der Waals surface area contributed by atoms with Crippen molar-refractivity contribution in [2.24, 2.45) is 0 Å². The Morgan fingerprint density at radius 3 is 1.28 bits per heavy atom. The normalized spacial score (nSPS) is 12.0. The molecule has 0 bridgehead atoms. The van der Waals surface area contributed by atoms with Gasteiger partial charge in [0.2, 0.25) is 0 Å². The van der Waals surface area contributed by atoms with Gasteiger partial charge in [0, 0.05) is 21.5 Å². The van der Waals surface area contributed by atoms with Crippen LogP contribution in [0.2, 0.25) is 0 Å². The highest BCUT2D eigenvalue weighted by Crippen LogP contribution is 2.46. The Labute approximate surface area is 287 Å². The van der Waals surface area contributed by atoms with E-state index in [4.69, 9.17) is 8.83 Å². The second-order valence-corrected chi connectivity index (χ2v) is 13.2. The second kappa shape index (κ2) is 10.4. The van der Waals surface area contributed by atoms with E-state index >= 15 is 0 Å². The van der Waals surface area contributed by atoms with Crippen molar-refractivity contribution in [3.8, 4) is 33.4 Å². The molecule has 0 aliphatic heterocycles. The highest BCUT2D eigenvalue weighted by Gasteiger charge is 2.21. The Hall–Kier alpha value is -6.64. The van der Waals surface area contributed by atoms with Gasteiger partial charge in [0.25, 0.3) is 0 Å². The van der Waals surface area contributed by atoms with E-state index in [2.05, 4.69) is 170 Å². The monoisotopic (exact) mass is 636 g/mol. The third-order valence-electron chi connectivity index (χ3n) is 10.5. The molecular weight excluding hydrogens is 609 g/mol. The summed E-state index contributed by atoms with van der Waals surface area (Å²) in [7, 11) is 0. The zero-order valence-corrected chi connectivity index (χ0v) is 27.0. The lowest BCUT2D eigenvalue weighted by atomic mass is 9.95. The molecule has 2 aromatic heterocycles. The van der Waals surface area contributed by atoms with Crippen molar-refractivity contribution in [1.82, 2.24) is 0 Å². The van der Waals surface area contributed by atoms with Gasteiger partial charge in [-0.15, -0.1) is 0 Å². The van der Waals surface area contributed by atoms with E-state index in [-0.39, 0.29) is 0 Å². The first-order valence-corrected chi connectivity index (χ1v) is 17.1. The summed E-state index contributed by atoms with van der Waals surface area (Å²) in [5.74, 6) is 0. The average Bonchev–Trinajstić information content (AvgIpc) is 3.76. The van der Waals surface area contributed by atoms with Crippen molar-refractivity contribution in [2.45, 2.75) is 0 Å². The largest absolute Gasteiger partial charge is 0.452 e. The molecule has 50 heavy (non-hydrogen) atoms. The Morgan fingerprint density at radius 1 is 0.280 bits per heavy atom. The lowest BCUT2D eigenvalue weighted by Crippen LogP contribution is -1.83. The smallest absolute Gasteiger partial charge is 0.179 e. The maximum Gasteiger partial charge on any atom is 0.179 e. The summed E-state index contributed by atoms with van der Waals surface area (Å²) in [6.45, 7) is 0. The number of rotatable bonds is 3. The van der Waals surface area contributed by atoms with E-state index in [9.17, 15) is 0 Å². The molecule has 2 heteroatoms. The topological polar surface area (TPSA) is 26.3 Å². The fraction of sp³-hybridized carbons (Fsp3) is 0. The van der Waals surface area contributed by atoms with Crippen LogP contribution in [-0.4, -0.2) is 0 Å². The van der Waals surface area contributed by atoms with Gasteiger partial charge in [-0.25, -0.2) is 0 Å². The van der Waals surface area contributed by atoms with E-state index in [0.717, 1.165) is 60.6 Å². The van der Waals surface area contributed by atoms with E-state index in [1.807, 2.05) is 0 Å². The summed E-state index contributed by atoms with van der Waals surface area (Å²) >= 11 is 0. The molecule has 0 N–H and O–H groups in total. The average molecular weight is 637 g/mol. The van der Waals surface area contributed by atoms with E-state index in [1.54, 1.807) is 0 Å². The highest BCUT2D eigenvalue weighted by atomic mass is 16.4. The molecule has 0 atom stereocenters. The summed E-state index contributed by atoms with van der Waals surface area (Å²) < 4.78 is 13.6. The van der Waals surface area contributed by atoms with Crippen LogP contribution in [0.25, 0.3) is 110 Å². The first kappa shape index (κ1) is 27.3.